The lowest BCUT2D eigenvalue weighted by atomic mass is 10.1. The largest absolute Gasteiger partial charge is 0.444 e. The minimum Gasteiger partial charge on any atom is -0.444 e. The summed E-state index contributed by atoms with van der Waals surface area (Å²) >= 11 is 0. The quantitative estimate of drug-likeness (QED) is 0.612. The van der Waals surface area contributed by atoms with Crippen LogP contribution in [-0.4, -0.2) is 63.5 Å². The number of likely N-dealkylation sites (tertiary alicyclic amines) is 1. The van der Waals surface area contributed by atoms with E-state index in [-0.39, 0.29) is 12.1 Å². The Morgan fingerprint density at radius 1 is 1.36 bits per heavy atom. The fourth-order valence-corrected chi connectivity index (χ4v) is 2.72. The van der Waals surface area contributed by atoms with E-state index in [1.54, 1.807) is 29.0 Å². The maximum atomic E-state index is 12.0. The molecular formula is C19H27N7O2. The van der Waals surface area contributed by atoms with E-state index in [0.717, 1.165) is 11.4 Å². The van der Waals surface area contributed by atoms with E-state index in [0.29, 0.717) is 25.6 Å². The lowest BCUT2D eigenvalue weighted by molar-refractivity contribution is 0.00701. The molecule has 9 nitrogen and oxygen atoms in total. The Kier molecular flexibility index (Phi) is 5.81. The second-order valence-corrected chi connectivity index (χ2v) is 7.63. The molecule has 28 heavy (non-hydrogen) atoms. The SMILES string of the molecule is CN=C(NCc1ccnc(-n2cccn2)c1)NC1CN(C(=O)OC(C)(C)C)C1. The van der Waals surface area contributed by atoms with Crippen LogP contribution in [0.25, 0.3) is 5.82 Å². The van der Waals surface area contributed by atoms with Crippen molar-refractivity contribution in [2.75, 3.05) is 20.1 Å². The highest BCUT2D eigenvalue weighted by atomic mass is 16.6. The van der Waals surface area contributed by atoms with Crippen molar-refractivity contribution in [2.45, 2.75) is 39.0 Å². The fourth-order valence-electron chi connectivity index (χ4n) is 2.72. The molecule has 0 aliphatic carbocycles. The molecule has 3 heterocycles. The number of aliphatic imine (C=N–C) groups is 1. The van der Waals surface area contributed by atoms with Crippen molar-refractivity contribution in [1.29, 1.82) is 0 Å². The van der Waals surface area contributed by atoms with Crippen LogP contribution in [0.3, 0.4) is 0 Å². The monoisotopic (exact) mass is 385 g/mol. The van der Waals surface area contributed by atoms with Gasteiger partial charge >= 0.3 is 6.09 Å². The smallest absolute Gasteiger partial charge is 0.410 e. The van der Waals surface area contributed by atoms with Gasteiger partial charge < -0.3 is 20.3 Å². The number of hydrogen-bond donors (Lipinski definition) is 2. The molecule has 0 atom stereocenters. The third-order valence-electron chi connectivity index (χ3n) is 4.11. The number of carbonyl (C=O) groups excluding carboxylic acids is 1. The van der Waals surface area contributed by atoms with Crippen molar-refractivity contribution in [3.8, 4) is 5.82 Å². The second-order valence-electron chi connectivity index (χ2n) is 7.63. The molecule has 0 radical (unpaired) electrons. The third kappa shape index (κ3) is 5.21. The lowest BCUT2D eigenvalue weighted by Crippen LogP contribution is -2.63. The Hall–Kier alpha value is -3.10. The number of ether oxygens (including phenoxy) is 1. The van der Waals surface area contributed by atoms with E-state index >= 15 is 0 Å². The Morgan fingerprint density at radius 3 is 2.79 bits per heavy atom. The van der Waals surface area contributed by atoms with Crippen molar-refractivity contribution >= 4 is 12.1 Å². The first-order chi connectivity index (χ1) is 13.3. The van der Waals surface area contributed by atoms with Gasteiger partial charge in [-0.15, -0.1) is 0 Å². The number of nitrogens with one attached hydrogen (secondary N) is 2. The van der Waals surface area contributed by atoms with Crippen LogP contribution in [0.5, 0.6) is 0 Å². The Labute approximate surface area is 164 Å². The van der Waals surface area contributed by atoms with Gasteiger partial charge in [0.25, 0.3) is 0 Å². The molecular weight excluding hydrogens is 358 g/mol. The average Bonchev–Trinajstić information content (AvgIpc) is 3.13. The molecule has 1 aliphatic rings. The van der Waals surface area contributed by atoms with Crippen LogP contribution in [0.15, 0.2) is 41.8 Å². The van der Waals surface area contributed by atoms with Gasteiger partial charge in [0.1, 0.15) is 5.60 Å². The summed E-state index contributed by atoms with van der Waals surface area (Å²) < 4.78 is 7.09. The van der Waals surface area contributed by atoms with Gasteiger partial charge in [0.2, 0.25) is 0 Å². The van der Waals surface area contributed by atoms with Crippen LogP contribution >= 0.6 is 0 Å². The van der Waals surface area contributed by atoms with Crippen LogP contribution < -0.4 is 10.6 Å². The summed E-state index contributed by atoms with van der Waals surface area (Å²) in [5.74, 6) is 1.45. The Bertz CT molecular complexity index is 821. The summed E-state index contributed by atoms with van der Waals surface area (Å²) in [6.45, 7) is 7.37. The predicted molar refractivity (Wildman–Crippen MR) is 106 cm³/mol. The average molecular weight is 385 g/mol. The lowest BCUT2D eigenvalue weighted by Gasteiger charge is -2.40. The molecule has 0 aromatic carbocycles. The molecule has 1 aliphatic heterocycles. The topological polar surface area (TPSA) is 96.7 Å². The Morgan fingerprint density at radius 2 is 2.14 bits per heavy atom. The van der Waals surface area contributed by atoms with Crippen LogP contribution in [0.1, 0.15) is 26.3 Å². The van der Waals surface area contributed by atoms with E-state index in [2.05, 4.69) is 25.7 Å². The van der Waals surface area contributed by atoms with Gasteiger partial charge in [-0.2, -0.15) is 5.10 Å². The number of amides is 1. The van der Waals surface area contributed by atoms with Gasteiger partial charge in [-0.1, -0.05) is 0 Å². The molecule has 0 saturated carbocycles. The van der Waals surface area contributed by atoms with Gasteiger partial charge in [0, 0.05) is 45.3 Å². The van der Waals surface area contributed by atoms with Gasteiger partial charge in [0.05, 0.1) is 6.04 Å². The number of carbonyl (C=O) groups is 1. The minimum absolute atomic E-state index is 0.149. The molecule has 150 valence electrons. The molecule has 2 aromatic heterocycles. The first-order valence-corrected chi connectivity index (χ1v) is 9.24. The summed E-state index contributed by atoms with van der Waals surface area (Å²) in [5, 5.41) is 10.8. The zero-order chi connectivity index (χ0) is 20.1. The summed E-state index contributed by atoms with van der Waals surface area (Å²) in [5.41, 5.74) is 0.583. The summed E-state index contributed by atoms with van der Waals surface area (Å²) in [4.78, 5) is 22.3. The van der Waals surface area contributed by atoms with Crippen molar-refractivity contribution in [1.82, 2.24) is 30.3 Å². The molecule has 2 aromatic rings. The molecule has 0 spiro atoms. The summed E-state index contributed by atoms with van der Waals surface area (Å²) in [6, 6.07) is 5.93. The van der Waals surface area contributed by atoms with Crippen molar-refractivity contribution < 1.29 is 9.53 Å². The molecule has 3 rings (SSSR count). The van der Waals surface area contributed by atoms with Crippen LogP contribution in [0, 0.1) is 0 Å². The van der Waals surface area contributed by atoms with Gasteiger partial charge in [-0.05, 0) is 44.5 Å². The molecule has 1 saturated heterocycles. The fraction of sp³-hybridized carbons (Fsp3) is 0.474. The van der Waals surface area contributed by atoms with Crippen LogP contribution in [0.4, 0.5) is 4.79 Å². The maximum absolute atomic E-state index is 12.0. The normalized spacial score (nSPS) is 15.1. The third-order valence-corrected chi connectivity index (χ3v) is 4.11. The molecule has 0 unspecified atom stereocenters. The predicted octanol–water partition coefficient (Wildman–Crippen LogP) is 1.55. The number of hydrogen-bond acceptors (Lipinski definition) is 5. The first kappa shape index (κ1) is 19.7. The number of pyridine rings is 1. The summed E-state index contributed by atoms with van der Waals surface area (Å²) in [7, 11) is 1.72. The highest BCUT2D eigenvalue weighted by Gasteiger charge is 2.34. The van der Waals surface area contributed by atoms with Crippen molar-refractivity contribution in [2.24, 2.45) is 4.99 Å². The zero-order valence-corrected chi connectivity index (χ0v) is 16.7. The molecule has 1 amide bonds. The van der Waals surface area contributed by atoms with E-state index in [9.17, 15) is 4.79 Å². The zero-order valence-electron chi connectivity index (χ0n) is 16.7. The van der Waals surface area contributed by atoms with Crippen molar-refractivity contribution in [3.63, 3.8) is 0 Å². The molecule has 9 heteroatoms. The second kappa shape index (κ2) is 8.28. The number of aromatic nitrogens is 3. The highest BCUT2D eigenvalue weighted by Crippen LogP contribution is 2.15. The van der Waals surface area contributed by atoms with E-state index in [1.807, 2.05) is 45.2 Å². The Balaban J connectivity index is 1.46. The van der Waals surface area contributed by atoms with Gasteiger partial charge in [-0.3, -0.25) is 4.99 Å². The number of nitrogens with zero attached hydrogens (tertiary/aromatic N) is 5. The van der Waals surface area contributed by atoms with E-state index in [4.69, 9.17) is 4.74 Å². The standard InChI is InChI=1S/C19H27N7O2/c1-19(2,3)28-18(27)25-12-15(13-25)24-17(20-4)22-11-14-6-8-21-16(10-14)26-9-5-7-23-26/h5-10,15H,11-13H2,1-4H3,(H2,20,22,24). The van der Waals surface area contributed by atoms with Crippen LogP contribution in [-0.2, 0) is 11.3 Å². The van der Waals surface area contributed by atoms with Crippen molar-refractivity contribution in [3.05, 3.63) is 42.4 Å². The summed E-state index contributed by atoms with van der Waals surface area (Å²) in [6.07, 6.45) is 5.05. The molecule has 0 bridgehead atoms. The number of rotatable bonds is 4. The molecule has 1 fully saturated rings. The minimum atomic E-state index is -0.479. The van der Waals surface area contributed by atoms with E-state index in [1.165, 1.54) is 0 Å². The van der Waals surface area contributed by atoms with Gasteiger partial charge in [0.15, 0.2) is 11.8 Å². The van der Waals surface area contributed by atoms with Crippen LogP contribution in [0.2, 0.25) is 0 Å². The molecule has 2 N–H and O–H groups in total. The maximum Gasteiger partial charge on any atom is 0.410 e. The number of guanidine groups is 1. The van der Waals surface area contributed by atoms with Gasteiger partial charge in [-0.25, -0.2) is 14.5 Å². The first-order valence-electron chi connectivity index (χ1n) is 9.24. The highest BCUT2D eigenvalue weighted by molar-refractivity contribution is 5.80. The van der Waals surface area contributed by atoms with E-state index < -0.39 is 5.60 Å².